The highest BCUT2D eigenvalue weighted by atomic mass is 16.5. The van der Waals surface area contributed by atoms with Crippen molar-refractivity contribution in [2.75, 3.05) is 6.61 Å². The summed E-state index contributed by atoms with van der Waals surface area (Å²) in [5, 5.41) is 14.8. The molecule has 2 aliphatic rings. The zero-order valence-corrected chi connectivity index (χ0v) is 19.7. The van der Waals surface area contributed by atoms with Gasteiger partial charge in [-0.15, -0.1) is 0 Å². The third-order valence-electron chi connectivity index (χ3n) is 7.02. The number of carbonyl (C=O) groups excluding carboxylic acids is 2. The second-order valence-corrected chi connectivity index (χ2v) is 9.59. The summed E-state index contributed by atoms with van der Waals surface area (Å²) in [5.74, 6) is -1.05. The number of carbonyl (C=O) groups is 3. The van der Waals surface area contributed by atoms with Crippen LogP contribution in [0.5, 0.6) is 0 Å². The van der Waals surface area contributed by atoms with Crippen molar-refractivity contribution in [1.29, 1.82) is 0 Å². The number of carboxylic acid groups (broad SMARTS) is 1. The van der Waals surface area contributed by atoms with E-state index in [4.69, 9.17) is 9.84 Å². The molecule has 180 valence electrons. The number of carboxylic acids is 1. The maximum atomic E-state index is 12.8. The van der Waals surface area contributed by atoms with E-state index in [1.54, 1.807) is 0 Å². The number of benzene rings is 2. The molecule has 3 N–H and O–H groups in total. The summed E-state index contributed by atoms with van der Waals surface area (Å²) in [7, 11) is 0. The van der Waals surface area contributed by atoms with Crippen LogP contribution in [0.2, 0.25) is 0 Å². The van der Waals surface area contributed by atoms with Gasteiger partial charge >= 0.3 is 12.1 Å². The van der Waals surface area contributed by atoms with Gasteiger partial charge in [-0.3, -0.25) is 9.59 Å². The molecule has 0 bridgehead atoms. The first-order valence-corrected chi connectivity index (χ1v) is 11.9. The number of aliphatic carboxylic acids is 1. The number of amides is 2. The predicted octanol–water partition coefficient (Wildman–Crippen LogP) is 4.45. The lowest BCUT2D eigenvalue weighted by molar-refractivity contribution is -0.137. The summed E-state index contributed by atoms with van der Waals surface area (Å²) < 4.78 is 5.69. The molecular weight excluding hydrogens is 432 g/mol. The van der Waals surface area contributed by atoms with E-state index in [1.807, 2.05) is 38.1 Å². The number of rotatable bonds is 10. The summed E-state index contributed by atoms with van der Waals surface area (Å²) in [6.07, 6.45) is 1.80. The van der Waals surface area contributed by atoms with Gasteiger partial charge in [0.2, 0.25) is 5.91 Å². The molecule has 0 aliphatic heterocycles. The molecule has 7 nitrogen and oxygen atoms in total. The van der Waals surface area contributed by atoms with Crippen molar-refractivity contribution in [2.24, 2.45) is 5.92 Å². The number of hydrogen-bond acceptors (Lipinski definition) is 4. The number of alkyl carbamates (subject to hydrolysis) is 1. The second-order valence-electron chi connectivity index (χ2n) is 9.59. The van der Waals surface area contributed by atoms with E-state index >= 15 is 0 Å². The summed E-state index contributed by atoms with van der Waals surface area (Å²) >= 11 is 0. The molecular formula is C27H32N2O5. The third kappa shape index (κ3) is 5.24. The molecule has 34 heavy (non-hydrogen) atoms. The minimum atomic E-state index is -0.950. The molecule has 1 unspecified atom stereocenters. The first-order chi connectivity index (χ1) is 16.3. The van der Waals surface area contributed by atoms with Crippen LogP contribution in [0.1, 0.15) is 63.0 Å². The van der Waals surface area contributed by atoms with E-state index < -0.39 is 23.6 Å². The van der Waals surface area contributed by atoms with E-state index in [0.29, 0.717) is 6.42 Å². The Morgan fingerprint density at radius 3 is 2.18 bits per heavy atom. The Morgan fingerprint density at radius 2 is 1.65 bits per heavy atom. The molecule has 1 saturated carbocycles. The number of fused-ring (bicyclic) bond motifs is 3. The Kier molecular flexibility index (Phi) is 6.91. The summed E-state index contributed by atoms with van der Waals surface area (Å²) in [5.41, 5.74) is 3.88. The predicted molar refractivity (Wildman–Crippen MR) is 128 cm³/mol. The molecule has 0 aromatic heterocycles. The molecule has 2 aromatic rings. The Morgan fingerprint density at radius 1 is 1.06 bits per heavy atom. The van der Waals surface area contributed by atoms with E-state index in [1.165, 1.54) is 11.1 Å². The minimum Gasteiger partial charge on any atom is -0.481 e. The van der Waals surface area contributed by atoms with E-state index in [9.17, 15) is 14.4 Å². The molecule has 4 rings (SSSR count). The van der Waals surface area contributed by atoms with Crippen LogP contribution in [0.15, 0.2) is 48.5 Å². The van der Waals surface area contributed by atoms with Crippen molar-refractivity contribution < 1.29 is 24.2 Å². The monoisotopic (exact) mass is 464 g/mol. The zero-order chi connectivity index (χ0) is 24.3. The van der Waals surface area contributed by atoms with Gasteiger partial charge in [0, 0.05) is 18.4 Å². The van der Waals surface area contributed by atoms with Gasteiger partial charge in [0.25, 0.3) is 0 Å². The van der Waals surface area contributed by atoms with Crippen molar-refractivity contribution in [2.45, 2.75) is 63.5 Å². The fourth-order valence-corrected chi connectivity index (χ4v) is 5.00. The van der Waals surface area contributed by atoms with E-state index in [-0.39, 0.29) is 37.2 Å². The quantitative estimate of drug-likeness (QED) is 0.482. The van der Waals surface area contributed by atoms with Crippen LogP contribution >= 0.6 is 0 Å². The van der Waals surface area contributed by atoms with Gasteiger partial charge in [-0.25, -0.2) is 4.79 Å². The lowest BCUT2D eigenvalue weighted by atomic mass is 9.91. The van der Waals surface area contributed by atoms with Crippen LogP contribution in [0.3, 0.4) is 0 Å². The SMILES string of the molecule is CC[C@@H](CC(=O)O)NC(=O)CC(C)(NC(=O)OCC1c2ccccc2-c2ccccc21)C1CC1. The van der Waals surface area contributed by atoms with Gasteiger partial charge < -0.3 is 20.5 Å². The molecule has 0 spiro atoms. The van der Waals surface area contributed by atoms with Crippen molar-refractivity contribution in [1.82, 2.24) is 10.6 Å². The average Bonchev–Trinajstić information content (AvgIpc) is 3.61. The molecule has 7 heteroatoms. The molecule has 2 atom stereocenters. The highest BCUT2D eigenvalue weighted by Crippen LogP contribution is 2.45. The van der Waals surface area contributed by atoms with Crippen LogP contribution in [0.4, 0.5) is 4.79 Å². The van der Waals surface area contributed by atoms with Gasteiger partial charge in [0.05, 0.1) is 12.0 Å². The number of nitrogens with one attached hydrogen (secondary N) is 2. The van der Waals surface area contributed by atoms with Gasteiger partial charge in [0.15, 0.2) is 0 Å². The summed E-state index contributed by atoms with van der Waals surface area (Å²) in [6.45, 7) is 3.91. The number of ether oxygens (including phenoxy) is 1. The van der Waals surface area contributed by atoms with Crippen molar-refractivity contribution >= 4 is 18.0 Å². The molecule has 2 aliphatic carbocycles. The fourth-order valence-electron chi connectivity index (χ4n) is 5.00. The van der Waals surface area contributed by atoms with Crippen molar-refractivity contribution in [3.8, 4) is 11.1 Å². The van der Waals surface area contributed by atoms with Crippen molar-refractivity contribution in [3.63, 3.8) is 0 Å². The van der Waals surface area contributed by atoms with Crippen LogP contribution < -0.4 is 10.6 Å². The minimum absolute atomic E-state index is 0.0324. The third-order valence-corrected chi connectivity index (χ3v) is 7.02. The Balaban J connectivity index is 1.38. The summed E-state index contributed by atoms with van der Waals surface area (Å²) in [6, 6.07) is 15.9. The lowest BCUT2D eigenvalue weighted by Gasteiger charge is -2.31. The maximum absolute atomic E-state index is 12.8. The largest absolute Gasteiger partial charge is 0.481 e. The van der Waals surface area contributed by atoms with Gasteiger partial charge in [-0.1, -0.05) is 55.5 Å². The Labute approximate surface area is 199 Å². The highest BCUT2D eigenvalue weighted by Gasteiger charge is 2.44. The standard InChI is InChI=1S/C27H32N2O5/c1-3-18(14-25(31)32)28-24(30)15-27(2,17-12-13-17)29-26(33)34-16-23-21-10-6-4-8-19(21)20-9-5-7-11-22(20)23/h4-11,17-18,23H,3,12-16H2,1-2H3,(H,28,30)(H,29,33)(H,31,32)/t18-,27?/m0/s1. The maximum Gasteiger partial charge on any atom is 0.407 e. The van der Waals surface area contributed by atoms with Crippen LogP contribution in [-0.2, 0) is 14.3 Å². The number of hydrogen-bond donors (Lipinski definition) is 3. The first kappa shape index (κ1) is 23.8. The summed E-state index contributed by atoms with van der Waals surface area (Å²) in [4.78, 5) is 36.5. The topological polar surface area (TPSA) is 105 Å². The van der Waals surface area contributed by atoms with Crippen molar-refractivity contribution in [3.05, 3.63) is 59.7 Å². The molecule has 1 fully saturated rings. The molecule has 0 saturated heterocycles. The van der Waals surface area contributed by atoms with Crippen LogP contribution in [0, 0.1) is 5.92 Å². The van der Waals surface area contributed by atoms with E-state index in [0.717, 1.165) is 24.0 Å². The lowest BCUT2D eigenvalue weighted by Crippen LogP contribution is -2.52. The molecule has 0 heterocycles. The smallest absolute Gasteiger partial charge is 0.407 e. The molecule has 0 radical (unpaired) electrons. The molecule has 2 amide bonds. The first-order valence-electron chi connectivity index (χ1n) is 11.9. The Hall–Kier alpha value is -3.35. The Bertz CT molecular complexity index is 1030. The zero-order valence-electron chi connectivity index (χ0n) is 19.7. The highest BCUT2D eigenvalue weighted by molar-refractivity contribution is 5.81. The van der Waals surface area contributed by atoms with Crippen LogP contribution in [0.25, 0.3) is 11.1 Å². The average molecular weight is 465 g/mol. The van der Waals surface area contributed by atoms with Gasteiger partial charge in [-0.05, 0) is 54.4 Å². The normalized spacial score (nSPS) is 17.1. The van der Waals surface area contributed by atoms with Gasteiger partial charge in [0.1, 0.15) is 6.61 Å². The van der Waals surface area contributed by atoms with E-state index in [2.05, 4.69) is 34.9 Å². The van der Waals surface area contributed by atoms with Gasteiger partial charge in [-0.2, -0.15) is 0 Å². The van der Waals surface area contributed by atoms with Crippen LogP contribution in [-0.4, -0.2) is 41.3 Å². The fraction of sp³-hybridized carbons (Fsp3) is 0.444. The second kappa shape index (κ2) is 9.87. The molecule has 2 aromatic carbocycles.